The van der Waals surface area contributed by atoms with E-state index in [-0.39, 0.29) is 5.97 Å². The number of rotatable bonds is 3. The van der Waals surface area contributed by atoms with E-state index in [0.717, 1.165) is 7.14 Å². The summed E-state index contributed by atoms with van der Waals surface area (Å²) in [5.74, 6) is -1.09. The maximum Gasteiger partial charge on any atom is 0.335 e. The first-order valence-corrected chi connectivity index (χ1v) is 12.6. The Bertz CT molecular complexity index is 692. The van der Waals surface area contributed by atoms with Gasteiger partial charge in [0.05, 0.1) is 11.1 Å². The van der Waals surface area contributed by atoms with Crippen molar-refractivity contribution in [2.75, 3.05) is 0 Å². The van der Waals surface area contributed by atoms with Crippen LogP contribution in [-0.4, -0.2) is 25.4 Å². The smallest absolute Gasteiger partial charge is 0.335 e. The van der Waals surface area contributed by atoms with Gasteiger partial charge in [-0.2, -0.15) is 0 Å². The van der Waals surface area contributed by atoms with Crippen molar-refractivity contribution in [1.82, 2.24) is 0 Å². The number of hydrogen-bond donors (Lipinski definition) is 1. The molecule has 128 valence electrons. The van der Waals surface area contributed by atoms with Gasteiger partial charge in [0.25, 0.3) is 0 Å². The van der Waals surface area contributed by atoms with Crippen LogP contribution < -0.4 is 0 Å². The molecule has 0 aromatic heterocycles. The SMILES string of the molecule is C[Si](C)(C)OC(=O)c1ccc(I)cc1.O=C(O)c1ccc(I)cc1. The molecule has 0 saturated carbocycles. The Kier molecular flexibility index (Phi) is 8.37. The van der Waals surface area contributed by atoms with Gasteiger partial charge in [-0.1, -0.05) is 0 Å². The summed E-state index contributed by atoms with van der Waals surface area (Å²) < 4.78 is 7.52. The van der Waals surface area contributed by atoms with Gasteiger partial charge < -0.3 is 9.53 Å². The Balaban J connectivity index is 0.000000254. The quantitative estimate of drug-likeness (QED) is 0.405. The number of halogens is 2. The average molecular weight is 568 g/mol. The third-order valence-electron chi connectivity index (χ3n) is 2.57. The van der Waals surface area contributed by atoms with Crippen molar-refractivity contribution in [2.45, 2.75) is 19.6 Å². The van der Waals surface area contributed by atoms with E-state index in [1.807, 2.05) is 31.8 Å². The van der Waals surface area contributed by atoms with Crippen LogP contribution >= 0.6 is 45.2 Å². The molecule has 7 heteroatoms. The number of benzene rings is 2. The van der Waals surface area contributed by atoms with Crippen LogP contribution in [0.4, 0.5) is 0 Å². The van der Waals surface area contributed by atoms with Crippen LogP contribution in [0.5, 0.6) is 0 Å². The fraction of sp³-hybridized carbons (Fsp3) is 0.176. The minimum Gasteiger partial charge on any atom is -0.516 e. The van der Waals surface area contributed by atoms with E-state index in [1.54, 1.807) is 36.4 Å². The van der Waals surface area contributed by atoms with Crippen molar-refractivity contribution in [1.29, 1.82) is 0 Å². The molecule has 0 radical (unpaired) electrons. The zero-order valence-corrected chi connectivity index (χ0v) is 18.9. The highest BCUT2D eigenvalue weighted by atomic mass is 127. The molecule has 0 saturated heterocycles. The molecule has 1 N–H and O–H groups in total. The summed E-state index contributed by atoms with van der Waals surface area (Å²) in [7, 11) is -1.77. The molecule has 0 aliphatic rings. The van der Waals surface area contributed by atoms with E-state index in [4.69, 9.17) is 9.53 Å². The van der Waals surface area contributed by atoms with Gasteiger partial charge >= 0.3 is 11.9 Å². The van der Waals surface area contributed by atoms with Gasteiger partial charge in [0, 0.05) is 7.14 Å². The zero-order valence-electron chi connectivity index (χ0n) is 13.5. The first-order chi connectivity index (χ1) is 11.1. The van der Waals surface area contributed by atoms with Crippen molar-refractivity contribution in [3.63, 3.8) is 0 Å². The fourth-order valence-corrected chi connectivity index (χ4v) is 2.91. The maximum absolute atomic E-state index is 11.6. The Morgan fingerprint density at radius 2 is 1.21 bits per heavy atom. The number of hydrogen-bond acceptors (Lipinski definition) is 3. The van der Waals surface area contributed by atoms with Gasteiger partial charge in [0.2, 0.25) is 8.32 Å². The highest BCUT2D eigenvalue weighted by Crippen LogP contribution is 2.11. The summed E-state index contributed by atoms with van der Waals surface area (Å²) in [6.07, 6.45) is 0. The van der Waals surface area contributed by atoms with Crippen LogP contribution in [0, 0.1) is 7.14 Å². The molecule has 2 rings (SSSR count). The van der Waals surface area contributed by atoms with Gasteiger partial charge in [-0.25, -0.2) is 9.59 Å². The molecule has 0 amide bonds. The molecule has 0 spiro atoms. The monoisotopic (exact) mass is 568 g/mol. The lowest BCUT2D eigenvalue weighted by atomic mass is 10.2. The van der Waals surface area contributed by atoms with Gasteiger partial charge in [-0.05, 0) is 113 Å². The molecular formula is C17H18I2O4Si. The number of carboxylic acids is 1. The molecule has 0 aliphatic heterocycles. The molecule has 0 heterocycles. The van der Waals surface area contributed by atoms with E-state index >= 15 is 0 Å². The maximum atomic E-state index is 11.6. The van der Waals surface area contributed by atoms with Crippen molar-refractivity contribution >= 4 is 65.4 Å². The Labute approximate surface area is 170 Å². The van der Waals surface area contributed by atoms with Gasteiger partial charge in [0.1, 0.15) is 0 Å². The first-order valence-electron chi connectivity index (χ1n) is 7.06. The topological polar surface area (TPSA) is 63.6 Å². The van der Waals surface area contributed by atoms with Crippen LogP contribution in [0.3, 0.4) is 0 Å². The predicted octanol–water partition coefficient (Wildman–Crippen LogP) is 5.27. The third-order valence-corrected chi connectivity index (χ3v) is 4.81. The largest absolute Gasteiger partial charge is 0.516 e. The lowest BCUT2D eigenvalue weighted by molar-refractivity contribution is 0.0693. The second kappa shape index (κ2) is 9.52. The molecule has 0 atom stereocenters. The van der Waals surface area contributed by atoms with Crippen molar-refractivity contribution in [3.8, 4) is 0 Å². The van der Waals surface area contributed by atoms with E-state index in [9.17, 15) is 9.59 Å². The van der Waals surface area contributed by atoms with E-state index in [2.05, 4.69) is 45.2 Å². The van der Waals surface area contributed by atoms with Gasteiger partial charge in [-0.15, -0.1) is 0 Å². The Hall–Kier alpha value is -0.943. The summed E-state index contributed by atoms with van der Waals surface area (Å²) in [5.41, 5.74) is 0.966. The normalized spacial score (nSPS) is 10.4. The molecule has 0 aliphatic carbocycles. The van der Waals surface area contributed by atoms with Crippen molar-refractivity contribution in [2.24, 2.45) is 0 Å². The summed E-state index contributed by atoms with van der Waals surface area (Å²) in [6, 6.07) is 14.1. The summed E-state index contributed by atoms with van der Waals surface area (Å²) in [5, 5.41) is 8.47. The number of carbonyl (C=O) groups excluding carboxylic acids is 1. The fourth-order valence-electron chi connectivity index (χ4n) is 1.52. The number of carboxylic acid groups (broad SMARTS) is 1. The first kappa shape index (κ1) is 21.1. The molecule has 0 fully saturated rings. The standard InChI is InChI=1S/C10H13IO2Si.C7H5IO2/c1-14(2,3)13-10(12)8-4-6-9(11)7-5-8;8-6-3-1-5(2-4-6)7(9)10/h4-7H,1-3H3;1-4H,(H,9,10). The minimum atomic E-state index is -1.77. The lowest BCUT2D eigenvalue weighted by Crippen LogP contribution is -2.29. The van der Waals surface area contributed by atoms with E-state index in [1.165, 1.54) is 0 Å². The van der Waals surface area contributed by atoms with Gasteiger partial charge in [-0.3, -0.25) is 0 Å². The lowest BCUT2D eigenvalue weighted by Gasteiger charge is -2.17. The highest BCUT2D eigenvalue weighted by molar-refractivity contribution is 14.1. The molecule has 24 heavy (non-hydrogen) atoms. The average Bonchev–Trinajstić information content (AvgIpc) is 2.47. The van der Waals surface area contributed by atoms with Crippen LogP contribution in [0.1, 0.15) is 20.7 Å². The van der Waals surface area contributed by atoms with Crippen LogP contribution in [-0.2, 0) is 4.43 Å². The van der Waals surface area contributed by atoms with Crippen LogP contribution in [0.25, 0.3) is 0 Å². The highest BCUT2D eigenvalue weighted by Gasteiger charge is 2.20. The molecule has 0 unspecified atom stereocenters. The van der Waals surface area contributed by atoms with E-state index < -0.39 is 14.3 Å². The zero-order chi connectivity index (χ0) is 18.3. The summed E-state index contributed by atoms with van der Waals surface area (Å²) in [4.78, 5) is 21.9. The molecule has 4 nitrogen and oxygen atoms in total. The third kappa shape index (κ3) is 8.24. The molecule has 0 bridgehead atoms. The second-order valence-electron chi connectivity index (χ2n) is 5.82. The predicted molar refractivity (Wildman–Crippen MR) is 114 cm³/mol. The Morgan fingerprint density at radius 1 is 0.833 bits per heavy atom. The summed E-state index contributed by atoms with van der Waals surface area (Å²) >= 11 is 4.33. The molecule has 2 aromatic rings. The van der Waals surface area contributed by atoms with Crippen molar-refractivity contribution in [3.05, 3.63) is 66.8 Å². The minimum absolute atomic E-state index is 0.208. The van der Waals surface area contributed by atoms with Crippen LogP contribution in [0.15, 0.2) is 48.5 Å². The second-order valence-corrected chi connectivity index (χ2v) is 12.7. The van der Waals surface area contributed by atoms with Crippen molar-refractivity contribution < 1.29 is 19.1 Å². The summed E-state index contributed by atoms with van der Waals surface area (Å²) in [6.45, 7) is 5.99. The molecular weight excluding hydrogens is 550 g/mol. The van der Waals surface area contributed by atoms with Crippen LogP contribution in [0.2, 0.25) is 19.6 Å². The number of carbonyl (C=O) groups is 2. The Morgan fingerprint density at radius 3 is 1.54 bits per heavy atom. The van der Waals surface area contributed by atoms with E-state index in [0.29, 0.717) is 11.1 Å². The molecule has 2 aromatic carbocycles. The number of aromatic carboxylic acids is 1. The van der Waals surface area contributed by atoms with Gasteiger partial charge in [0.15, 0.2) is 0 Å².